The van der Waals surface area contributed by atoms with Gasteiger partial charge in [0, 0.05) is 16.7 Å². The van der Waals surface area contributed by atoms with Crippen LogP contribution in [-0.4, -0.2) is 9.97 Å². The molecule has 7 nitrogen and oxygen atoms in total. The van der Waals surface area contributed by atoms with Gasteiger partial charge in [0.15, 0.2) is 0 Å². The van der Waals surface area contributed by atoms with Gasteiger partial charge in [-0.05, 0) is 12.1 Å². The maximum absolute atomic E-state index is 11.2. The minimum Gasteiger partial charge on any atom is -0.392 e. The van der Waals surface area contributed by atoms with Crippen molar-refractivity contribution in [1.82, 2.24) is 0 Å². The van der Waals surface area contributed by atoms with Gasteiger partial charge in [0.2, 0.25) is 0 Å². The van der Waals surface area contributed by atoms with Crippen molar-refractivity contribution < 1.29 is 4.92 Å². The number of nitro groups is 1. The Bertz CT molecular complexity index is 793. The van der Waals surface area contributed by atoms with Gasteiger partial charge in [-0.25, -0.2) is 0 Å². The van der Waals surface area contributed by atoms with Crippen LogP contribution in [0.15, 0.2) is 28.8 Å². The summed E-state index contributed by atoms with van der Waals surface area (Å²) in [4.78, 5) is 10.6. The van der Waals surface area contributed by atoms with Gasteiger partial charge in [-0.15, -0.1) is 0 Å². The lowest BCUT2D eigenvalue weighted by atomic mass is 9.81. The van der Waals surface area contributed by atoms with Gasteiger partial charge in [0.05, 0.1) is 38.6 Å². The summed E-state index contributed by atoms with van der Waals surface area (Å²) in [5, 5.41) is 38.0. The number of nitrogens with two attached hydrogens (primary N) is 1. The maximum atomic E-state index is 11.2. The highest BCUT2D eigenvalue weighted by molar-refractivity contribution is 8.17. The van der Waals surface area contributed by atoms with E-state index in [2.05, 4.69) is 0 Å². The summed E-state index contributed by atoms with van der Waals surface area (Å²) in [5.74, 6) is -2.01. The number of hydrogen-bond donors (Lipinski definition) is 2. The molecule has 0 amide bonds. The van der Waals surface area contributed by atoms with E-state index in [1.165, 1.54) is 18.2 Å². The first-order valence-electron chi connectivity index (χ1n) is 5.90. The molecule has 0 aromatic heterocycles. The summed E-state index contributed by atoms with van der Waals surface area (Å²) in [6.07, 6.45) is 0. The normalized spacial score (nSPS) is 21.1. The molecule has 0 radical (unpaired) electrons. The fourth-order valence-electron chi connectivity index (χ4n) is 2.24. The van der Waals surface area contributed by atoms with Gasteiger partial charge < -0.3 is 5.73 Å². The minimum atomic E-state index is -1.02. The zero-order valence-corrected chi connectivity index (χ0v) is 12.5. The van der Waals surface area contributed by atoms with Crippen molar-refractivity contribution in [1.29, 1.82) is 15.9 Å². The third-order valence-corrected chi connectivity index (χ3v) is 4.34. The summed E-state index contributed by atoms with van der Waals surface area (Å²) in [7, 11) is 0. The van der Waals surface area contributed by atoms with Crippen LogP contribution in [0, 0.1) is 44.1 Å². The number of hydrogen-bond acceptors (Lipinski definition) is 7. The summed E-state index contributed by atoms with van der Waals surface area (Å²) in [5.41, 5.74) is 5.63. The van der Waals surface area contributed by atoms with E-state index >= 15 is 0 Å². The van der Waals surface area contributed by atoms with Crippen molar-refractivity contribution in [3.05, 3.63) is 49.5 Å². The van der Waals surface area contributed by atoms with Gasteiger partial charge in [-0.3, -0.25) is 15.5 Å². The highest BCUT2D eigenvalue weighted by Crippen LogP contribution is 2.45. The number of halogens is 1. The van der Waals surface area contributed by atoms with E-state index in [-0.39, 0.29) is 31.9 Å². The number of nitrogens with one attached hydrogen (secondary N) is 1. The molecule has 22 heavy (non-hydrogen) atoms. The lowest BCUT2D eigenvalue weighted by Gasteiger charge is -2.27. The quantitative estimate of drug-likeness (QED) is 0.629. The predicted octanol–water partition coefficient (Wildman–Crippen LogP) is 2.89. The molecule has 3 N–H and O–H groups in total. The first-order chi connectivity index (χ1) is 10.4. The summed E-state index contributed by atoms with van der Waals surface area (Å²) in [6, 6.07) is 7.71. The third-order valence-electron chi connectivity index (χ3n) is 3.19. The molecule has 0 fully saturated rings. The van der Waals surface area contributed by atoms with Crippen molar-refractivity contribution in [3.8, 4) is 12.1 Å². The molecular formula is C13H8ClN5O2S. The number of nitrogens with zero attached hydrogens (tertiary/aromatic N) is 3. The minimum absolute atomic E-state index is 0.0397. The molecule has 9 heteroatoms. The Morgan fingerprint density at radius 1 is 1.45 bits per heavy atom. The van der Waals surface area contributed by atoms with Crippen molar-refractivity contribution >= 4 is 34.1 Å². The van der Waals surface area contributed by atoms with Gasteiger partial charge in [0.1, 0.15) is 5.92 Å². The summed E-state index contributed by atoms with van der Waals surface area (Å²) in [6.45, 7) is 0. The van der Waals surface area contributed by atoms with E-state index in [0.717, 1.165) is 11.8 Å². The Morgan fingerprint density at radius 3 is 2.68 bits per heavy atom. The zero-order chi connectivity index (χ0) is 16.4. The van der Waals surface area contributed by atoms with Crippen molar-refractivity contribution in [2.45, 2.75) is 5.92 Å². The molecule has 0 unspecified atom stereocenters. The number of nitriles is 2. The molecule has 110 valence electrons. The first kappa shape index (κ1) is 15.8. The van der Waals surface area contributed by atoms with Crippen LogP contribution >= 0.6 is 23.4 Å². The molecule has 2 atom stereocenters. The Labute approximate surface area is 134 Å². The standard InChI is InChI=1S/C13H8ClN5O2S/c14-6-1-2-10(19(20)21)7(3-6)11-8(4-15)12(17)22-13(18)9(11)5-16/h1-3,8,11,17H,18H2/t8-,11-/m1/s1. The van der Waals surface area contributed by atoms with E-state index in [0.29, 0.717) is 0 Å². The molecule has 0 aliphatic carbocycles. The van der Waals surface area contributed by atoms with Crippen LogP contribution in [0.1, 0.15) is 11.5 Å². The van der Waals surface area contributed by atoms with E-state index in [1.54, 1.807) is 0 Å². The number of allylic oxidation sites excluding steroid dienone is 1. The summed E-state index contributed by atoms with van der Waals surface area (Å²) >= 11 is 6.72. The average molecular weight is 334 g/mol. The van der Waals surface area contributed by atoms with Gasteiger partial charge >= 0.3 is 0 Å². The monoisotopic (exact) mass is 333 g/mol. The topological polar surface area (TPSA) is 141 Å². The summed E-state index contributed by atoms with van der Waals surface area (Å²) < 4.78 is 0. The fourth-order valence-corrected chi connectivity index (χ4v) is 3.26. The van der Waals surface area contributed by atoms with Gasteiger partial charge in [-0.2, -0.15) is 10.5 Å². The largest absolute Gasteiger partial charge is 0.392 e. The smallest absolute Gasteiger partial charge is 0.273 e. The Balaban J connectivity index is 2.77. The molecule has 1 heterocycles. The number of rotatable bonds is 2. The molecule has 1 aliphatic heterocycles. The zero-order valence-electron chi connectivity index (χ0n) is 10.9. The number of thioether (sulfide) groups is 1. The molecule has 1 aromatic rings. The molecule has 0 saturated heterocycles. The van der Waals surface area contributed by atoms with Crippen molar-refractivity contribution in [2.24, 2.45) is 11.7 Å². The van der Waals surface area contributed by atoms with Crippen LogP contribution in [0.3, 0.4) is 0 Å². The van der Waals surface area contributed by atoms with Crippen LogP contribution < -0.4 is 5.73 Å². The second-order valence-electron chi connectivity index (χ2n) is 4.40. The third kappa shape index (κ3) is 2.62. The predicted molar refractivity (Wildman–Crippen MR) is 82.1 cm³/mol. The van der Waals surface area contributed by atoms with E-state index in [9.17, 15) is 20.6 Å². The van der Waals surface area contributed by atoms with E-state index < -0.39 is 16.8 Å². The van der Waals surface area contributed by atoms with Crippen LogP contribution in [0.5, 0.6) is 0 Å². The molecule has 0 spiro atoms. The van der Waals surface area contributed by atoms with Crippen LogP contribution in [0.4, 0.5) is 5.69 Å². The van der Waals surface area contributed by atoms with E-state index in [4.69, 9.17) is 22.7 Å². The van der Waals surface area contributed by atoms with Gasteiger partial charge in [0.25, 0.3) is 5.69 Å². The SMILES string of the molecule is N#CC1=C(N)SC(=N)[C@H](C#N)[C@H]1c1cc(Cl)ccc1[N+](=O)[O-]. The van der Waals surface area contributed by atoms with Crippen molar-refractivity contribution in [2.75, 3.05) is 0 Å². The average Bonchev–Trinajstić information content (AvgIpc) is 2.46. The number of nitro benzene ring substituents is 1. The molecule has 1 aliphatic rings. The molecule has 0 bridgehead atoms. The van der Waals surface area contributed by atoms with Crippen molar-refractivity contribution in [3.63, 3.8) is 0 Å². The first-order valence-corrected chi connectivity index (χ1v) is 7.09. The fraction of sp³-hybridized carbons (Fsp3) is 0.154. The Morgan fingerprint density at radius 2 is 2.14 bits per heavy atom. The highest BCUT2D eigenvalue weighted by atomic mass is 35.5. The molecule has 0 saturated carbocycles. The second-order valence-corrected chi connectivity index (χ2v) is 5.92. The van der Waals surface area contributed by atoms with Gasteiger partial charge in [-0.1, -0.05) is 23.4 Å². The molecule has 2 rings (SSSR count). The van der Waals surface area contributed by atoms with Crippen LogP contribution in [0.25, 0.3) is 0 Å². The van der Waals surface area contributed by atoms with Crippen LogP contribution in [-0.2, 0) is 0 Å². The lowest BCUT2D eigenvalue weighted by Crippen LogP contribution is -2.27. The Kier molecular flexibility index (Phi) is 4.36. The Hall–Kier alpha value is -2.55. The molecule has 1 aromatic carbocycles. The van der Waals surface area contributed by atoms with E-state index in [1.807, 2.05) is 12.1 Å². The highest BCUT2D eigenvalue weighted by Gasteiger charge is 2.40. The lowest BCUT2D eigenvalue weighted by molar-refractivity contribution is -0.385. The molecular weight excluding hydrogens is 326 g/mol. The van der Waals surface area contributed by atoms with Crippen LogP contribution in [0.2, 0.25) is 5.02 Å². The second kappa shape index (κ2) is 6.06. The number of benzene rings is 1. The maximum Gasteiger partial charge on any atom is 0.273 e.